The van der Waals surface area contributed by atoms with E-state index in [1.807, 2.05) is 6.92 Å². The Balaban J connectivity index is 2.52. The van der Waals surface area contributed by atoms with Crippen LogP contribution in [0, 0.1) is 0 Å². The maximum atomic E-state index is 11.5. The van der Waals surface area contributed by atoms with Gasteiger partial charge in [-0.25, -0.2) is 9.78 Å². The number of aromatic nitrogens is 2. The van der Waals surface area contributed by atoms with Crippen molar-refractivity contribution >= 4 is 12.0 Å². The first kappa shape index (κ1) is 13.0. The highest BCUT2D eigenvalue weighted by Gasteiger charge is 2.18. The molecule has 0 saturated carbocycles. The number of rotatable bonds is 5. The summed E-state index contributed by atoms with van der Waals surface area (Å²) in [4.78, 5) is 29.0. The van der Waals surface area contributed by atoms with Crippen molar-refractivity contribution in [3.63, 3.8) is 0 Å². The predicted octanol–water partition coefficient (Wildman–Crippen LogP) is 0.633. The molecule has 1 aromatic heterocycles. The summed E-state index contributed by atoms with van der Waals surface area (Å²) in [6.45, 7) is 3.30. The maximum absolute atomic E-state index is 11.5. The monoisotopic (exact) mass is 240 g/mol. The number of urea groups is 1. The van der Waals surface area contributed by atoms with Gasteiger partial charge < -0.3 is 20.7 Å². The normalized spacial score (nSPS) is 13.8. The average Bonchev–Trinajstić information content (AvgIpc) is 2.78. The molecule has 0 aromatic carbocycles. The Morgan fingerprint density at radius 1 is 1.53 bits per heavy atom. The van der Waals surface area contributed by atoms with Crippen molar-refractivity contribution in [1.82, 2.24) is 20.6 Å². The number of hydrogen-bond acceptors (Lipinski definition) is 3. The summed E-state index contributed by atoms with van der Waals surface area (Å²) in [6.07, 6.45) is 3.91. The van der Waals surface area contributed by atoms with Gasteiger partial charge in [0.15, 0.2) is 0 Å². The molecule has 1 rings (SSSR count). The number of H-pyrrole nitrogens is 1. The van der Waals surface area contributed by atoms with Gasteiger partial charge in [0.2, 0.25) is 0 Å². The first-order valence-corrected chi connectivity index (χ1v) is 5.33. The Morgan fingerprint density at radius 2 is 2.24 bits per heavy atom. The summed E-state index contributed by atoms with van der Waals surface area (Å²) < 4.78 is 0. The minimum atomic E-state index is -1.08. The lowest BCUT2D eigenvalue weighted by Gasteiger charge is -2.16. The largest absolute Gasteiger partial charge is 0.480 e. The van der Waals surface area contributed by atoms with E-state index >= 15 is 0 Å². The van der Waals surface area contributed by atoms with E-state index in [0.717, 1.165) is 0 Å². The number of aromatic amines is 1. The Bertz CT molecular complexity index is 377. The predicted molar refractivity (Wildman–Crippen MR) is 60.4 cm³/mol. The number of carboxylic acids is 1. The van der Waals surface area contributed by atoms with Crippen LogP contribution >= 0.6 is 0 Å². The Kier molecular flexibility index (Phi) is 4.50. The lowest BCUT2D eigenvalue weighted by Crippen LogP contribution is -2.45. The number of amides is 2. The van der Waals surface area contributed by atoms with E-state index in [-0.39, 0.29) is 6.04 Å². The molecule has 2 atom stereocenters. The lowest BCUT2D eigenvalue weighted by molar-refractivity contribution is -0.138. The lowest BCUT2D eigenvalue weighted by atomic mass is 10.2. The van der Waals surface area contributed by atoms with Crippen molar-refractivity contribution in [3.05, 3.63) is 18.2 Å². The highest BCUT2D eigenvalue weighted by atomic mass is 16.4. The molecule has 0 aliphatic rings. The van der Waals surface area contributed by atoms with Crippen molar-refractivity contribution in [2.45, 2.75) is 32.4 Å². The molecular weight excluding hydrogens is 224 g/mol. The zero-order valence-electron chi connectivity index (χ0n) is 9.73. The molecule has 1 unspecified atom stereocenters. The van der Waals surface area contributed by atoms with Crippen molar-refractivity contribution in [3.8, 4) is 0 Å². The molecule has 7 nitrogen and oxygen atoms in total. The van der Waals surface area contributed by atoms with E-state index in [9.17, 15) is 9.59 Å². The molecule has 1 aromatic rings. The standard InChI is InChI=1S/C10H16N4O3/c1-3-7(8-11-4-5-12-8)14-10(17)13-6(2)9(15)16/h4-7H,3H2,1-2H3,(H,11,12)(H,15,16)(H2,13,14,17)/t6-,7?/m0/s1. The van der Waals surface area contributed by atoms with Gasteiger partial charge in [-0.2, -0.15) is 0 Å². The highest BCUT2D eigenvalue weighted by molar-refractivity contribution is 5.82. The van der Waals surface area contributed by atoms with E-state index in [1.165, 1.54) is 6.92 Å². The van der Waals surface area contributed by atoms with Gasteiger partial charge in [-0.15, -0.1) is 0 Å². The van der Waals surface area contributed by atoms with Crippen LogP contribution in [0.1, 0.15) is 32.1 Å². The number of aliphatic carboxylic acids is 1. The number of hydrogen-bond donors (Lipinski definition) is 4. The van der Waals surface area contributed by atoms with Crippen LogP contribution in [-0.2, 0) is 4.79 Å². The SMILES string of the molecule is CCC(NC(=O)N[C@@H](C)C(=O)O)c1ncc[nH]1. The van der Waals surface area contributed by atoms with Crippen LogP contribution in [0.25, 0.3) is 0 Å². The fourth-order valence-corrected chi connectivity index (χ4v) is 1.29. The molecule has 0 radical (unpaired) electrons. The molecule has 0 aliphatic heterocycles. The quantitative estimate of drug-likeness (QED) is 0.605. The van der Waals surface area contributed by atoms with Gasteiger partial charge >= 0.3 is 12.0 Å². The topological polar surface area (TPSA) is 107 Å². The Hall–Kier alpha value is -2.05. The molecule has 7 heteroatoms. The number of carbonyl (C=O) groups is 2. The van der Waals surface area contributed by atoms with Gasteiger partial charge in [-0.05, 0) is 13.3 Å². The van der Waals surface area contributed by atoms with Gasteiger partial charge in [0.25, 0.3) is 0 Å². The van der Waals surface area contributed by atoms with Crippen LogP contribution in [-0.4, -0.2) is 33.1 Å². The third-order valence-corrected chi connectivity index (χ3v) is 2.28. The van der Waals surface area contributed by atoms with Crippen LogP contribution < -0.4 is 10.6 Å². The van der Waals surface area contributed by atoms with Gasteiger partial charge in [0.1, 0.15) is 11.9 Å². The van der Waals surface area contributed by atoms with Crippen LogP contribution in [0.4, 0.5) is 4.79 Å². The third-order valence-electron chi connectivity index (χ3n) is 2.28. The smallest absolute Gasteiger partial charge is 0.325 e. The summed E-state index contributed by atoms with van der Waals surface area (Å²) in [6, 6.07) is -1.71. The Morgan fingerprint density at radius 3 is 2.71 bits per heavy atom. The molecule has 0 bridgehead atoms. The number of carbonyl (C=O) groups excluding carboxylic acids is 1. The van der Waals surface area contributed by atoms with Crippen molar-refractivity contribution < 1.29 is 14.7 Å². The molecule has 0 saturated heterocycles. The first-order chi connectivity index (χ1) is 8.04. The third kappa shape index (κ3) is 3.78. The second-order valence-electron chi connectivity index (χ2n) is 3.61. The highest BCUT2D eigenvalue weighted by Crippen LogP contribution is 2.10. The summed E-state index contributed by atoms with van der Waals surface area (Å²) in [5, 5.41) is 13.6. The molecule has 0 spiro atoms. The first-order valence-electron chi connectivity index (χ1n) is 5.33. The van der Waals surface area contributed by atoms with E-state index in [0.29, 0.717) is 12.2 Å². The molecule has 0 fully saturated rings. The minimum absolute atomic E-state index is 0.258. The zero-order chi connectivity index (χ0) is 12.8. The summed E-state index contributed by atoms with van der Waals surface area (Å²) in [7, 11) is 0. The van der Waals surface area contributed by atoms with E-state index in [1.54, 1.807) is 12.4 Å². The van der Waals surface area contributed by atoms with E-state index in [2.05, 4.69) is 20.6 Å². The van der Waals surface area contributed by atoms with Crippen LogP contribution in [0.15, 0.2) is 12.4 Å². The van der Waals surface area contributed by atoms with Gasteiger partial charge in [0, 0.05) is 12.4 Å². The second kappa shape index (κ2) is 5.88. The van der Waals surface area contributed by atoms with Crippen molar-refractivity contribution in [2.24, 2.45) is 0 Å². The van der Waals surface area contributed by atoms with Crippen molar-refractivity contribution in [2.75, 3.05) is 0 Å². The number of nitrogens with zero attached hydrogens (tertiary/aromatic N) is 1. The number of carboxylic acid groups (broad SMARTS) is 1. The molecule has 0 aliphatic carbocycles. The fraction of sp³-hybridized carbons (Fsp3) is 0.500. The average molecular weight is 240 g/mol. The second-order valence-corrected chi connectivity index (χ2v) is 3.61. The van der Waals surface area contributed by atoms with Crippen LogP contribution in [0.2, 0.25) is 0 Å². The molecule has 17 heavy (non-hydrogen) atoms. The number of imidazole rings is 1. The van der Waals surface area contributed by atoms with Gasteiger partial charge in [-0.1, -0.05) is 6.92 Å². The summed E-state index contributed by atoms with van der Waals surface area (Å²) >= 11 is 0. The van der Waals surface area contributed by atoms with E-state index in [4.69, 9.17) is 5.11 Å². The van der Waals surface area contributed by atoms with Crippen LogP contribution in [0.5, 0.6) is 0 Å². The zero-order valence-corrected chi connectivity index (χ0v) is 9.73. The van der Waals surface area contributed by atoms with Crippen molar-refractivity contribution in [1.29, 1.82) is 0 Å². The number of nitrogens with one attached hydrogen (secondary N) is 3. The molecule has 2 amide bonds. The summed E-state index contributed by atoms with van der Waals surface area (Å²) in [5.74, 6) is -0.433. The fourth-order valence-electron chi connectivity index (χ4n) is 1.29. The molecule has 4 N–H and O–H groups in total. The summed E-state index contributed by atoms with van der Waals surface area (Å²) in [5.41, 5.74) is 0. The van der Waals surface area contributed by atoms with Crippen LogP contribution in [0.3, 0.4) is 0 Å². The van der Waals surface area contributed by atoms with Gasteiger partial charge in [-0.3, -0.25) is 4.79 Å². The molecule has 94 valence electrons. The van der Waals surface area contributed by atoms with Gasteiger partial charge in [0.05, 0.1) is 6.04 Å². The minimum Gasteiger partial charge on any atom is -0.480 e. The molecular formula is C10H16N4O3. The van der Waals surface area contributed by atoms with E-state index < -0.39 is 18.0 Å². The Labute approximate surface area is 98.6 Å². The molecule has 1 heterocycles. The maximum Gasteiger partial charge on any atom is 0.325 e.